The molecule has 3 heteroatoms. The summed E-state index contributed by atoms with van der Waals surface area (Å²) in [7, 11) is 0. The van der Waals surface area contributed by atoms with Crippen LogP contribution in [0.15, 0.2) is 12.2 Å². The highest BCUT2D eigenvalue weighted by atomic mass is 16.6. The fourth-order valence-electron chi connectivity index (χ4n) is 4.44. The Labute approximate surface area is 108 Å². The van der Waals surface area contributed by atoms with E-state index in [1.807, 2.05) is 0 Å². The second kappa shape index (κ2) is 3.46. The summed E-state index contributed by atoms with van der Waals surface area (Å²) in [6.45, 7) is 8.75. The Kier molecular flexibility index (Phi) is 2.30. The first-order valence-corrected chi connectivity index (χ1v) is 6.80. The first kappa shape index (κ1) is 11.9. The van der Waals surface area contributed by atoms with Gasteiger partial charge in [-0.15, -0.1) is 0 Å². The molecule has 1 aliphatic heterocycles. The highest BCUT2D eigenvalue weighted by Gasteiger charge is 2.66. The standard InChI is InChI=1S/C15H20O3/c1-9-8-11-12-10(2)14(9,3)4-5-15(12,6-7-16)13(17)18-11/h7,9,11-12H,2,4-6,8H2,1,3H3/t9-,11-,12+,14+,15-/m1/s1. The normalized spacial score (nSPS) is 50.0. The molecule has 0 aromatic carbocycles. The Hall–Kier alpha value is -1.12. The summed E-state index contributed by atoms with van der Waals surface area (Å²) < 4.78 is 5.58. The van der Waals surface area contributed by atoms with Crippen molar-refractivity contribution in [1.29, 1.82) is 0 Å². The molecule has 0 aromatic heterocycles. The van der Waals surface area contributed by atoms with Crippen LogP contribution in [0.3, 0.4) is 0 Å². The fraction of sp³-hybridized carbons (Fsp3) is 0.733. The van der Waals surface area contributed by atoms with Crippen LogP contribution >= 0.6 is 0 Å². The minimum absolute atomic E-state index is 0.0478. The Bertz CT molecular complexity index is 441. The maximum atomic E-state index is 12.2. The van der Waals surface area contributed by atoms with Crippen molar-refractivity contribution in [2.45, 2.75) is 45.6 Å². The minimum Gasteiger partial charge on any atom is -0.461 e. The number of hydrogen-bond donors (Lipinski definition) is 0. The van der Waals surface area contributed by atoms with Crippen LogP contribution in [0, 0.1) is 22.7 Å². The monoisotopic (exact) mass is 248 g/mol. The van der Waals surface area contributed by atoms with Crippen LogP contribution < -0.4 is 0 Å². The van der Waals surface area contributed by atoms with Crippen molar-refractivity contribution >= 4 is 12.3 Å². The van der Waals surface area contributed by atoms with Crippen LogP contribution in [0.2, 0.25) is 0 Å². The van der Waals surface area contributed by atoms with Gasteiger partial charge in [-0.05, 0) is 30.6 Å². The Balaban J connectivity index is 2.09. The zero-order chi connectivity index (χ0) is 13.1. The second-order valence-corrected chi connectivity index (χ2v) is 6.53. The predicted molar refractivity (Wildman–Crippen MR) is 66.7 cm³/mol. The summed E-state index contributed by atoms with van der Waals surface area (Å²) in [4.78, 5) is 23.2. The maximum absolute atomic E-state index is 12.2. The molecule has 0 spiro atoms. The first-order valence-electron chi connectivity index (χ1n) is 6.80. The first-order chi connectivity index (χ1) is 8.45. The van der Waals surface area contributed by atoms with Gasteiger partial charge in [0.15, 0.2) is 0 Å². The number of fused-ring (bicyclic) bond motifs is 1. The van der Waals surface area contributed by atoms with Crippen molar-refractivity contribution in [2.75, 3.05) is 0 Å². The van der Waals surface area contributed by atoms with Crippen molar-refractivity contribution in [1.82, 2.24) is 0 Å². The van der Waals surface area contributed by atoms with Crippen molar-refractivity contribution in [3.63, 3.8) is 0 Å². The third-order valence-electron chi connectivity index (χ3n) is 5.95. The number of esters is 1. The summed E-state index contributed by atoms with van der Waals surface area (Å²) in [6.07, 6.45) is 3.74. The number of aldehydes is 1. The molecule has 2 saturated carbocycles. The topological polar surface area (TPSA) is 43.4 Å². The number of carbonyl (C=O) groups excluding carboxylic acids is 2. The van der Waals surface area contributed by atoms with E-state index in [1.54, 1.807) is 0 Å². The molecule has 3 nitrogen and oxygen atoms in total. The largest absolute Gasteiger partial charge is 0.461 e. The molecular formula is C15H20O3. The maximum Gasteiger partial charge on any atom is 0.313 e. The molecule has 5 atom stereocenters. The zero-order valence-electron chi connectivity index (χ0n) is 11.1. The third-order valence-corrected chi connectivity index (χ3v) is 5.95. The number of ether oxygens (including phenoxy) is 1. The van der Waals surface area contributed by atoms with Crippen LogP contribution in [0.4, 0.5) is 0 Å². The van der Waals surface area contributed by atoms with Crippen LogP contribution in [0.1, 0.15) is 39.5 Å². The van der Waals surface area contributed by atoms with E-state index in [2.05, 4.69) is 20.4 Å². The quantitative estimate of drug-likeness (QED) is 0.428. The lowest BCUT2D eigenvalue weighted by atomic mass is 9.48. The number of hydrogen-bond acceptors (Lipinski definition) is 3. The molecule has 0 aromatic rings. The van der Waals surface area contributed by atoms with E-state index >= 15 is 0 Å². The van der Waals surface area contributed by atoms with Gasteiger partial charge in [-0.1, -0.05) is 26.0 Å². The molecule has 0 radical (unpaired) electrons. The fourth-order valence-corrected chi connectivity index (χ4v) is 4.44. The highest BCUT2D eigenvalue weighted by molar-refractivity contribution is 5.84. The van der Waals surface area contributed by atoms with E-state index in [0.717, 1.165) is 31.1 Å². The van der Waals surface area contributed by atoms with Gasteiger partial charge in [0, 0.05) is 12.3 Å². The molecule has 98 valence electrons. The van der Waals surface area contributed by atoms with Gasteiger partial charge in [0.25, 0.3) is 0 Å². The average Bonchev–Trinajstić information content (AvgIpc) is 2.59. The van der Waals surface area contributed by atoms with Gasteiger partial charge in [-0.3, -0.25) is 4.79 Å². The van der Waals surface area contributed by atoms with Gasteiger partial charge in [0.1, 0.15) is 12.4 Å². The molecule has 3 fully saturated rings. The molecule has 18 heavy (non-hydrogen) atoms. The van der Waals surface area contributed by atoms with E-state index in [-0.39, 0.29) is 29.8 Å². The molecule has 1 saturated heterocycles. The molecule has 3 rings (SSSR count). The van der Waals surface area contributed by atoms with Crippen LogP contribution in [0.5, 0.6) is 0 Å². The Morgan fingerprint density at radius 2 is 2.22 bits per heavy atom. The van der Waals surface area contributed by atoms with Gasteiger partial charge >= 0.3 is 5.97 Å². The minimum atomic E-state index is -0.594. The van der Waals surface area contributed by atoms with Crippen LogP contribution in [-0.2, 0) is 14.3 Å². The lowest BCUT2D eigenvalue weighted by molar-refractivity contribution is -0.150. The van der Waals surface area contributed by atoms with Gasteiger partial charge in [0.2, 0.25) is 0 Å². The molecule has 2 aliphatic carbocycles. The summed E-state index contributed by atoms with van der Waals surface area (Å²) in [5.74, 6) is 0.387. The van der Waals surface area contributed by atoms with E-state index in [1.165, 1.54) is 0 Å². The summed E-state index contributed by atoms with van der Waals surface area (Å²) in [6, 6.07) is 0. The molecular weight excluding hydrogens is 228 g/mol. The van der Waals surface area contributed by atoms with E-state index in [0.29, 0.717) is 5.92 Å². The van der Waals surface area contributed by atoms with Gasteiger partial charge in [-0.25, -0.2) is 0 Å². The van der Waals surface area contributed by atoms with Gasteiger partial charge in [-0.2, -0.15) is 0 Å². The highest BCUT2D eigenvalue weighted by Crippen LogP contribution is 2.65. The Morgan fingerprint density at radius 1 is 1.50 bits per heavy atom. The van der Waals surface area contributed by atoms with Crippen molar-refractivity contribution in [3.05, 3.63) is 12.2 Å². The SMILES string of the molecule is C=C1[C@H]2[C@H]3C[C@@H](C)[C@]1(C)CC[C@]2(CC=O)C(=O)O3. The lowest BCUT2D eigenvalue weighted by Crippen LogP contribution is -2.51. The smallest absolute Gasteiger partial charge is 0.313 e. The third kappa shape index (κ3) is 1.15. The summed E-state index contributed by atoms with van der Waals surface area (Å²) >= 11 is 0. The van der Waals surface area contributed by atoms with Gasteiger partial charge < -0.3 is 9.53 Å². The summed E-state index contributed by atoms with van der Waals surface area (Å²) in [5.41, 5.74) is 0.662. The van der Waals surface area contributed by atoms with E-state index < -0.39 is 5.41 Å². The van der Waals surface area contributed by atoms with E-state index in [4.69, 9.17) is 4.74 Å². The second-order valence-electron chi connectivity index (χ2n) is 6.53. The molecule has 0 N–H and O–H groups in total. The van der Waals surface area contributed by atoms with E-state index in [9.17, 15) is 9.59 Å². The average molecular weight is 248 g/mol. The van der Waals surface area contributed by atoms with Crippen molar-refractivity contribution in [2.24, 2.45) is 22.7 Å². The van der Waals surface area contributed by atoms with Crippen LogP contribution in [-0.4, -0.2) is 18.4 Å². The number of rotatable bonds is 2. The zero-order valence-corrected chi connectivity index (χ0v) is 11.1. The van der Waals surface area contributed by atoms with Crippen molar-refractivity contribution in [3.8, 4) is 0 Å². The van der Waals surface area contributed by atoms with Crippen molar-refractivity contribution < 1.29 is 14.3 Å². The van der Waals surface area contributed by atoms with Gasteiger partial charge in [0.05, 0.1) is 5.41 Å². The molecule has 0 unspecified atom stereocenters. The molecule has 2 bridgehead atoms. The molecule has 1 heterocycles. The Morgan fingerprint density at radius 3 is 2.89 bits per heavy atom. The summed E-state index contributed by atoms with van der Waals surface area (Å²) in [5, 5.41) is 0. The number of carbonyl (C=O) groups is 2. The lowest BCUT2D eigenvalue weighted by Gasteiger charge is -2.54. The predicted octanol–water partition coefficient (Wildman–Crippen LogP) is 2.50. The van der Waals surface area contributed by atoms with Crippen LogP contribution in [0.25, 0.3) is 0 Å². The molecule has 3 aliphatic rings. The molecule has 0 amide bonds.